The fraction of sp³-hybridized carbons (Fsp3) is 0.471. The molecule has 0 spiro atoms. The Balaban J connectivity index is 2.03. The number of carbonyl (C=O) groups excluding carboxylic acids is 1. The number of H-pyrrole nitrogens is 1. The van der Waals surface area contributed by atoms with Gasteiger partial charge in [0.1, 0.15) is 5.69 Å². The molecule has 0 radical (unpaired) electrons. The van der Waals surface area contributed by atoms with Crippen molar-refractivity contribution in [3.63, 3.8) is 0 Å². The quantitative estimate of drug-likeness (QED) is 0.893. The molecule has 6 nitrogen and oxygen atoms in total. The standard InChI is InChI=1S/C17H23N3O3S/c1-12-14-11-13(7-8-15(14)19-16(12)17(21)18-2)24(22,23)20-9-5-3-4-6-10-20/h7-8,11,19H,3-6,9-10H2,1-2H3,(H,18,21). The van der Waals surface area contributed by atoms with Gasteiger partial charge in [0.15, 0.2) is 0 Å². The van der Waals surface area contributed by atoms with Crippen molar-refractivity contribution in [2.75, 3.05) is 20.1 Å². The van der Waals surface area contributed by atoms with Crippen molar-refractivity contribution in [1.82, 2.24) is 14.6 Å². The highest BCUT2D eigenvalue weighted by Crippen LogP contribution is 2.27. The minimum Gasteiger partial charge on any atom is -0.354 e. The predicted octanol–water partition coefficient (Wildman–Crippen LogP) is 2.40. The van der Waals surface area contributed by atoms with Gasteiger partial charge in [-0.1, -0.05) is 12.8 Å². The van der Waals surface area contributed by atoms with E-state index >= 15 is 0 Å². The van der Waals surface area contributed by atoms with Crippen LogP contribution in [0.2, 0.25) is 0 Å². The van der Waals surface area contributed by atoms with Gasteiger partial charge in [0.2, 0.25) is 10.0 Å². The summed E-state index contributed by atoms with van der Waals surface area (Å²) in [4.78, 5) is 15.3. The van der Waals surface area contributed by atoms with Gasteiger partial charge in [-0.15, -0.1) is 0 Å². The molecular formula is C17H23N3O3S. The number of fused-ring (bicyclic) bond motifs is 1. The van der Waals surface area contributed by atoms with Crippen LogP contribution in [0.25, 0.3) is 10.9 Å². The van der Waals surface area contributed by atoms with Crippen LogP contribution in [0.4, 0.5) is 0 Å². The first-order valence-corrected chi connectivity index (χ1v) is 9.73. The minimum absolute atomic E-state index is 0.208. The summed E-state index contributed by atoms with van der Waals surface area (Å²) in [5.41, 5.74) is 2.00. The van der Waals surface area contributed by atoms with E-state index in [1.54, 1.807) is 29.6 Å². The number of aromatic nitrogens is 1. The fourth-order valence-corrected chi connectivity index (χ4v) is 4.79. The lowest BCUT2D eigenvalue weighted by molar-refractivity contribution is 0.0958. The Labute approximate surface area is 142 Å². The Morgan fingerprint density at radius 1 is 1.17 bits per heavy atom. The molecule has 3 rings (SSSR count). The molecule has 1 saturated heterocycles. The number of benzene rings is 1. The zero-order valence-corrected chi connectivity index (χ0v) is 14.9. The van der Waals surface area contributed by atoms with E-state index in [1.165, 1.54) is 0 Å². The summed E-state index contributed by atoms with van der Waals surface area (Å²) in [6.07, 6.45) is 3.98. The van der Waals surface area contributed by atoms with E-state index in [0.29, 0.717) is 23.7 Å². The summed E-state index contributed by atoms with van der Waals surface area (Å²) in [6, 6.07) is 5.03. The van der Waals surface area contributed by atoms with Crippen molar-refractivity contribution in [3.8, 4) is 0 Å². The van der Waals surface area contributed by atoms with Crippen molar-refractivity contribution < 1.29 is 13.2 Å². The van der Waals surface area contributed by atoms with Gasteiger partial charge < -0.3 is 10.3 Å². The van der Waals surface area contributed by atoms with Gasteiger partial charge in [-0.2, -0.15) is 4.31 Å². The van der Waals surface area contributed by atoms with Crippen LogP contribution in [0.5, 0.6) is 0 Å². The lowest BCUT2D eigenvalue weighted by atomic mass is 10.1. The highest BCUT2D eigenvalue weighted by molar-refractivity contribution is 7.89. The van der Waals surface area contributed by atoms with Crippen LogP contribution in [-0.4, -0.2) is 43.8 Å². The van der Waals surface area contributed by atoms with E-state index < -0.39 is 10.0 Å². The summed E-state index contributed by atoms with van der Waals surface area (Å²) < 4.78 is 27.4. The number of hydrogen-bond acceptors (Lipinski definition) is 3. The van der Waals surface area contributed by atoms with Gasteiger partial charge in [-0.05, 0) is 43.5 Å². The number of aryl methyl sites for hydroxylation is 1. The fourth-order valence-electron chi connectivity index (χ4n) is 3.25. The Morgan fingerprint density at radius 3 is 2.46 bits per heavy atom. The summed E-state index contributed by atoms with van der Waals surface area (Å²) in [5.74, 6) is -0.208. The number of aromatic amines is 1. The second-order valence-corrected chi connectivity index (χ2v) is 8.17. The molecule has 1 aromatic carbocycles. The lowest BCUT2D eigenvalue weighted by Crippen LogP contribution is -2.31. The summed E-state index contributed by atoms with van der Waals surface area (Å²) >= 11 is 0. The highest BCUT2D eigenvalue weighted by Gasteiger charge is 2.26. The van der Waals surface area contributed by atoms with E-state index in [1.807, 2.05) is 6.92 Å². The van der Waals surface area contributed by atoms with Crippen LogP contribution in [0.3, 0.4) is 0 Å². The molecular weight excluding hydrogens is 326 g/mol. The monoisotopic (exact) mass is 349 g/mol. The van der Waals surface area contributed by atoms with E-state index in [9.17, 15) is 13.2 Å². The van der Waals surface area contributed by atoms with Crippen LogP contribution in [0, 0.1) is 6.92 Å². The van der Waals surface area contributed by atoms with Crippen LogP contribution in [0.15, 0.2) is 23.1 Å². The van der Waals surface area contributed by atoms with Crippen LogP contribution < -0.4 is 5.32 Å². The number of sulfonamides is 1. The number of nitrogens with zero attached hydrogens (tertiary/aromatic N) is 1. The molecule has 0 bridgehead atoms. The van der Waals surface area contributed by atoms with Gasteiger partial charge in [0.05, 0.1) is 4.90 Å². The summed E-state index contributed by atoms with van der Waals surface area (Å²) in [6.45, 7) is 2.98. The molecule has 1 fully saturated rings. The van der Waals surface area contributed by atoms with Crippen molar-refractivity contribution in [2.24, 2.45) is 0 Å². The second-order valence-electron chi connectivity index (χ2n) is 6.23. The maximum atomic E-state index is 12.9. The van der Waals surface area contributed by atoms with Crippen molar-refractivity contribution in [2.45, 2.75) is 37.5 Å². The van der Waals surface area contributed by atoms with Crippen molar-refractivity contribution >= 4 is 26.8 Å². The minimum atomic E-state index is -3.49. The largest absolute Gasteiger partial charge is 0.354 e. The van der Waals surface area contributed by atoms with Crippen molar-refractivity contribution in [3.05, 3.63) is 29.5 Å². The average molecular weight is 349 g/mol. The predicted molar refractivity (Wildman–Crippen MR) is 93.7 cm³/mol. The molecule has 0 saturated carbocycles. The van der Waals surface area contributed by atoms with Crippen molar-refractivity contribution in [1.29, 1.82) is 0 Å². The number of hydrogen-bond donors (Lipinski definition) is 2. The first-order chi connectivity index (χ1) is 11.4. The Bertz CT molecular complexity index is 863. The molecule has 0 unspecified atom stereocenters. The summed E-state index contributed by atoms with van der Waals surface area (Å²) in [7, 11) is -1.92. The van der Waals surface area contributed by atoms with Crippen LogP contribution >= 0.6 is 0 Å². The molecule has 2 aromatic rings. The third-order valence-corrected chi connectivity index (χ3v) is 6.58. The molecule has 0 aliphatic carbocycles. The Morgan fingerprint density at radius 2 is 1.83 bits per heavy atom. The zero-order valence-electron chi connectivity index (χ0n) is 14.1. The second kappa shape index (κ2) is 6.57. The first-order valence-electron chi connectivity index (χ1n) is 8.29. The third kappa shape index (κ3) is 2.93. The smallest absolute Gasteiger partial charge is 0.267 e. The van der Waals surface area contributed by atoms with Gasteiger partial charge in [0.25, 0.3) is 5.91 Å². The van der Waals surface area contributed by atoms with E-state index in [-0.39, 0.29) is 5.91 Å². The maximum Gasteiger partial charge on any atom is 0.267 e. The highest BCUT2D eigenvalue weighted by atomic mass is 32.2. The molecule has 2 heterocycles. The molecule has 2 N–H and O–H groups in total. The first kappa shape index (κ1) is 17.0. The maximum absolute atomic E-state index is 12.9. The molecule has 24 heavy (non-hydrogen) atoms. The molecule has 1 aromatic heterocycles. The number of nitrogens with one attached hydrogen (secondary N) is 2. The van der Waals surface area contributed by atoms with Gasteiger partial charge in [0, 0.05) is 31.0 Å². The third-order valence-electron chi connectivity index (χ3n) is 4.69. The molecule has 0 atom stereocenters. The number of amides is 1. The van der Waals surface area contributed by atoms with Gasteiger partial charge in [-0.3, -0.25) is 4.79 Å². The SMILES string of the molecule is CNC(=O)c1[nH]c2ccc(S(=O)(=O)N3CCCCCC3)cc2c1C. The van der Waals surface area contributed by atoms with Crippen LogP contribution in [0.1, 0.15) is 41.7 Å². The van der Waals surface area contributed by atoms with Gasteiger partial charge >= 0.3 is 0 Å². The average Bonchev–Trinajstić information content (AvgIpc) is 2.77. The summed E-state index contributed by atoms with van der Waals surface area (Å²) in [5, 5.41) is 3.36. The molecule has 7 heteroatoms. The van der Waals surface area contributed by atoms with Crippen LogP contribution in [-0.2, 0) is 10.0 Å². The van der Waals surface area contributed by atoms with E-state index in [0.717, 1.165) is 42.1 Å². The Kier molecular flexibility index (Phi) is 4.64. The molecule has 130 valence electrons. The van der Waals surface area contributed by atoms with Gasteiger partial charge in [-0.25, -0.2) is 8.42 Å². The number of rotatable bonds is 3. The molecule has 1 aliphatic heterocycles. The van der Waals surface area contributed by atoms with E-state index in [2.05, 4.69) is 10.3 Å². The zero-order chi connectivity index (χ0) is 17.3. The molecule has 1 aliphatic rings. The number of carbonyl (C=O) groups is 1. The topological polar surface area (TPSA) is 82.3 Å². The normalized spacial score (nSPS) is 16.9. The Hall–Kier alpha value is -1.86. The lowest BCUT2D eigenvalue weighted by Gasteiger charge is -2.20. The van der Waals surface area contributed by atoms with E-state index in [4.69, 9.17) is 0 Å². The molecule has 1 amide bonds.